The van der Waals surface area contributed by atoms with E-state index in [1.54, 1.807) is 13.8 Å². The second kappa shape index (κ2) is 4.83. The molecular formula is C11H22O9. The van der Waals surface area contributed by atoms with Gasteiger partial charge in [0.05, 0.1) is 6.10 Å². The van der Waals surface area contributed by atoms with E-state index in [1.807, 2.05) is 0 Å². The lowest BCUT2D eigenvalue weighted by molar-refractivity contribution is -0.553. The topological polar surface area (TPSA) is 171 Å². The Balaban J connectivity index is 3.37. The highest BCUT2D eigenvalue weighted by Gasteiger charge is 2.77. The molecule has 0 aromatic heterocycles. The van der Waals surface area contributed by atoms with Gasteiger partial charge in [0.15, 0.2) is 0 Å². The third-order valence-electron chi connectivity index (χ3n) is 3.68. The van der Waals surface area contributed by atoms with Crippen LogP contribution in [0.3, 0.4) is 0 Å². The molecule has 1 heterocycles. The summed E-state index contributed by atoms with van der Waals surface area (Å²) < 4.78 is 4.80. The highest BCUT2D eigenvalue weighted by molar-refractivity contribution is 5.12. The van der Waals surface area contributed by atoms with E-state index >= 15 is 0 Å². The number of aliphatic hydroxyl groups excluding tert-OH is 1. The van der Waals surface area contributed by atoms with Crippen LogP contribution in [-0.4, -0.2) is 76.2 Å². The van der Waals surface area contributed by atoms with Crippen molar-refractivity contribution in [2.75, 3.05) is 0 Å². The van der Waals surface area contributed by atoms with Crippen LogP contribution in [0.4, 0.5) is 0 Å². The first-order chi connectivity index (χ1) is 8.72. The first-order valence-corrected chi connectivity index (χ1v) is 6.10. The molecule has 120 valence electrons. The third-order valence-corrected chi connectivity index (χ3v) is 3.68. The fourth-order valence-electron chi connectivity index (χ4n) is 2.19. The van der Waals surface area contributed by atoms with Crippen molar-refractivity contribution in [3.63, 3.8) is 0 Å². The Morgan fingerprint density at radius 1 is 0.950 bits per heavy atom. The van der Waals surface area contributed by atoms with Gasteiger partial charge in [-0.2, -0.15) is 0 Å². The van der Waals surface area contributed by atoms with E-state index < -0.39 is 35.4 Å². The van der Waals surface area contributed by atoms with Gasteiger partial charge in [-0.25, -0.2) is 0 Å². The highest BCUT2D eigenvalue weighted by Crippen LogP contribution is 2.48. The maximum Gasteiger partial charge on any atom is 0.283 e. The Morgan fingerprint density at radius 3 is 1.75 bits per heavy atom. The van der Waals surface area contributed by atoms with Crippen molar-refractivity contribution in [2.45, 2.75) is 62.5 Å². The summed E-state index contributed by atoms with van der Waals surface area (Å²) in [5.74, 6) is -11.3. The number of hydrogen-bond donors (Lipinski definition) is 8. The Kier molecular flexibility index (Phi) is 4.28. The molecular weight excluding hydrogens is 276 g/mol. The van der Waals surface area contributed by atoms with E-state index in [1.165, 1.54) is 0 Å². The summed E-state index contributed by atoms with van der Waals surface area (Å²) in [6, 6.07) is 0. The molecule has 0 amide bonds. The van der Waals surface area contributed by atoms with Gasteiger partial charge >= 0.3 is 0 Å². The molecule has 0 spiro atoms. The van der Waals surface area contributed by atoms with Gasteiger partial charge in [0.25, 0.3) is 17.4 Å². The zero-order valence-corrected chi connectivity index (χ0v) is 11.4. The van der Waals surface area contributed by atoms with E-state index in [9.17, 15) is 30.6 Å². The van der Waals surface area contributed by atoms with Crippen LogP contribution in [0.15, 0.2) is 0 Å². The highest BCUT2D eigenvalue weighted by atomic mass is 16.7. The first kappa shape index (κ1) is 17.7. The number of hydrogen-bond acceptors (Lipinski definition) is 9. The Bertz CT molecular complexity index is 356. The van der Waals surface area contributed by atoms with Crippen molar-refractivity contribution in [2.24, 2.45) is 5.92 Å². The van der Waals surface area contributed by atoms with Gasteiger partial charge < -0.3 is 45.6 Å². The lowest BCUT2D eigenvalue weighted by atomic mass is 9.74. The largest absolute Gasteiger partial charge is 0.382 e. The van der Waals surface area contributed by atoms with Crippen LogP contribution in [0, 0.1) is 5.92 Å². The fraction of sp³-hybridized carbons (Fsp3) is 1.00. The minimum Gasteiger partial charge on any atom is -0.382 e. The summed E-state index contributed by atoms with van der Waals surface area (Å²) in [5.41, 5.74) is -2.60. The van der Waals surface area contributed by atoms with Crippen molar-refractivity contribution in [3.8, 4) is 0 Å². The molecule has 0 aromatic carbocycles. The van der Waals surface area contributed by atoms with Gasteiger partial charge in [-0.1, -0.05) is 13.8 Å². The van der Waals surface area contributed by atoms with E-state index in [2.05, 4.69) is 0 Å². The van der Waals surface area contributed by atoms with E-state index in [-0.39, 0.29) is 12.3 Å². The van der Waals surface area contributed by atoms with Crippen molar-refractivity contribution < 1.29 is 45.6 Å². The predicted molar refractivity (Wildman–Crippen MR) is 62.5 cm³/mol. The molecule has 1 aliphatic rings. The molecule has 0 saturated carbocycles. The van der Waals surface area contributed by atoms with Gasteiger partial charge in [0.2, 0.25) is 6.29 Å². The Hall–Kier alpha value is -0.360. The molecule has 1 rings (SSSR count). The molecule has 0 bridgehead atoms. The van der Waals surface area contributed by atoms with Gasteiger partial charge in [-0.3, -0.25) is 0 Å². The fourth-order valence-corrected chi connectivity index (χ4v) is 2.19. The number of aliphatic hydroxyl groups is 8. The summed E-state index contributed by atoms with van der Waals surface area (Å²) in [7, 11) is 0. The molecule has 0 radical (unpaired) electrons. The average Bonchev–Trinajstić information content (AvgIpc) is 2.24. The Morgan fingerprint density at radius 2 is 1.40 bits per heavy atom. The van der Waals surface area contributed by atoms with Crippen molar-refractivity contribution in [1.29, 1.82) is 0 Å². The summed E-state index contributed by atoms with van der Waals surface area (Å²) in [4.78, 5) is 0. The van der Waals surface area contributed by atoms with Crippen LogP contribution in [0.1, 0.15) is 27.2 Å². The molecule has 9 nitrogen and oxygen atoms in total. The third kappa shape index (κ3) is 2.15. The molecule has 3 atom stereocenters. The average molecular weight is 298 g/mol. The van der Waals surface area contributed by atoms with Crippen LogP contribution < -0.4 is 0 Å². The molecule has 9 heteroatoms. The zero-order valence-electron chi connectivity index (χ0n) is 11.4. The minimum absolute atomic E-state index is 0.0268. The maximum atomic E-state index is 10.1. The summed E-state index contributed by atoms with van der Waals surface area (Å²) in [6.45, 7) is 4.26. The normalized spacial score (nSPS) is 40.4. The number of rotatable bonds is 3. The summed E-state index contributed by atoms with van der Waals surface area (Å²) in [5, 5.41) is 77.2. The molecule has 20 heavy (non-hydrogen) atoms. The van der Waals surface area contributed by atoms with Crippen molar-refractivity contribution in [1.82, 2.24) is 0 Å². The van der Waals surface area contributed by atoms with Crippen molar-refractivity contribution >= 4 is 0 Å². The molecule has 1 fully saturated rings. The molecule has 3 unspecified atom stereocenters. The predicted octanol–water partition coefficient (Wildman–Crippen LogP) is -3.46. The van der Waals surface area contributed by atoms with E-state index in [0.717, 1.165) is 6.92 Å². The molecule has 0 aliphatic carbocycles. The van der Waals surface area contributed by atoms with Crippen LogP contribution in [0.25, 0.3) is 0 Å². The summed E-state index contributed by atoms with van der Waals surface area (Å²) >= 11 is 0. The minimum atomic E-state index is -3.95. The molecule has 0 aromatic rings. The van der Waals surface area contributed by atoms with Crippen LogP contribution >= 0.6 is 0 Å². The zero-order chi connectivity index (χ0) is 16.1. The standard InChI is InChI=1S/C11H22O9/c1-5(2)4-6-8(3,14)10(16,17)11(18,19)9(15,20-6)7(12)13/h5-7,12-19H,4H2,1-3H3. The quantitative estimate of drug-likeness (QED) is 0.247. The number of ether oxygens (including phenoxy) is 1. The molecule has 8 N–H and O–H groups in total. The van der Waals surface area contributed by atoms with E-state index in [0.29, 0.717) is 0 Å². The van der Waals surface area contributed by atoms with Gasteiger partial charge in [-0.15, -0.1) is 0 Å². The maximum absolute atomic E-state index is 10.1. The van der Waals surface area contributed by atoms with Gasteiger partial charge in [0.1, 0.15) is 5.60 Å². The van der Waals surface area contributed by atoms with Gasteiger partial charge in [0, 0.05) is 0 Å². The summed E-state index contributed by atoms with van der Waals surface area (Å²) in [6.07, 6.45) is -4.39. The lowest BCUT2D eigenvalue weighted by Gasteiger charge is -2.58. The van der Waals surface area contributed by atoms with Gasteiger partial charge in [-0.05, 0) is 19.3 Å². The molecule has 1 aliphatic heterocycles. The van der Waals surface area contributed by atoms with Crippen LogP contribution in [0.5, 0.6) is 0 Å². The first-order valence-electron chi connectivity index (χ1n) is 6.10. The second-order valence-corrected chi connectivity index (χ2v) is 5.80. The van der Waals surface area contributed by atoms with Crippen LogP contribution in [-0.2, 0) is 4.74 Å². The Labute approximate surface area is 115 Å². The monoisotopic (exact) mass is 298 g/mol. The molecule has 1 saturated heterocycles. The second-order valence-electron chi connectivity index (χ2n) is 5.80. The van der Waals surface area contributed by atoms with Crippen LogP contribution in [0.2, 0.25) is 0 Å². The SMILES string of the molecule is CC(C)CC1OC(O)(C(O)O)C(O)(O)C(O)(O)C1(C)O. The van der Waals surface area contributed by atoms with Crippen molar-refractivity contribution in [3.05, 3.63) is 0 Å². The lowest BCUT2D eigenvalue weighted by Crippen LogP contribution is -2.85. The smallest absolute Gasteiger partial charge is 0.283 e. The van der Waals surface area contributed by atoms with E-state index in [4.69, 9.17) is 14.9 Å².